The number of hydrogen-bond acceptors (Lipinski definition) is 2. The van der Waals surface area contributed by atoms with Crippen LogP contribution in [0.15, 0.2) is 16.6 Å². The Morgan fingerprint density at radius 1 is 1.50 bits per heavy atom. The lowest BCUT2D eigenvalue weighted by Gasteiger charge is -2.16. The topological polar surface area (TPSA) is 32.3 Å². The normalized spacial score (nSPS) is 21.4. The number of aryl methyl sites for hydroxylation is 1. The minimum absolute atomic E-state index is 0.310. The monoisotopic (exact) mass is 255 g/mol. The van der Waals surface area contributed by atoms with E-state index in [1.807, 2.05) is 19.1 Å². The molecule has 3 heteroatoms. The van der Waals surface area contributed by atoms with Crippen molar-refractivity contribution in [2.75, 3.05) is 6.54 Å². The lowest BCUT2D eigenvalue weighted by atomic mass is 10.0. The number of halogens is 1. The zero-order valence-electron chi connectivity index (χ0n) is 8.18. The van der Waals surface area contributed by atoms with E-state index in [9.17, 15) is 5.11 Å². The van der Waals surface area contributed by atoms with Gasteiger partial charge in [0.05, 0.1) is 0 Å². The Labute approximate surface area is 92.5 Å². The van der Waals surface area contributed by atoms with E-state index in [2.05, 4.69) is 21.2 Å². The molecule has 0 unspecified atom stereocenters. The van der Waals surface area contributed by atoms with Gasteiger partial charge in [0.1, 0.15) is 5.75 Å². The van der Waals surface area contributed by atoms with E-state index in [0.29, 0.717) is 11.8 Å². The van der Waals surface area contributed by atoms with Crippen molar-refractivity contribution in [2.45, 2.75) is 25.8 Å². The summed E-state index contributed by atoms with van der Waals surface area (Å²) < 4.78 is 1.00. The van der Waals surface area contributed by atoms with Gasteiger partial charge in [-0.2, -0.15) is 0 Å². The second-order valence-electron chi connectivity index (χ2n) is 3.78. The Balaban J connectivity index is 2.44. The maximum absolute atomic E-state index is 9.97. The van der Waals surface area contributed by atoms with Crippen LogP contribution in [0.1, 0.15) is 30.0 Å². The first kappa shape index (κ1) is 9.99. The van der Waals surface area contributed by atoms with Crippen molar-refractivity contribution in [3.05, 3.63) is 27.7 Å². The highest BCUT2D eigenvalue weighted by Crippen LogP contribution is 2.37. The number of aromatic hydroxyl groups is 1. The number of phenols is 1. The third-order valence-corrected chi connectivity index (χ3v) is 3.47. The van der Waals surface area contributed by atoms with Gasteiger partial charge in [-0.05, 0) is 37.9 Å². The summed E-state index contributed by atoms with van der Waals surface area (Å²) in [4.78, 5) is 0. The van der Waals surface area contributed by atoms with E-state index in [1.165, 1.54) is 6.42 Å². The standard InChI is InChI=1S/C11H14BrNO/c1-7-4-5-8(12)10(11(7)14)9-3-2-6-13-9/h4-5,9,13-14H,2-3,6H2,1H3/t9-/m1/s1. The first-order chi connectivity index (χ1) is 6.70. The zero-order valence-corrected chi connectivity index (χ0v) is 9.76. The maximum Gasteiger partial charge on any atom is 0.124 e. The highest BCUT2D eigenvalue weighted by molar-refractivity contribution is 9.10. The van der Waals surface area contributed by atoms with Crippen LogP contribution in [0, 0.1) is 6.92 Å². The summed E-state index contributed by atoms with van der Waals surface area (Å²) in [5.41, 5.74) is 1.96. The minimum atomic E-state index is 0.310. The van der Waals surface area contributed by atoms with Crippen LogP contribution >= 0.6 is 15.9 Å². The molecular weight excluding hydrogens is 242 g/mol. The van der Waals surface area contributed by atoms with Crippen LogP contribution in [0.5, 0.6) is 5.75 Å². The van der Waals surface area contributed by atoms with E-state index in [4.69, 9.17) is 0 Å². The quantitative estimate of drug-likeness (QED) is 0.809. The summed E-state index contributed by atoms with van der Waals surface area (Å²) in [7, 11) is 0. The number of benzene rings is 1. The highest BCUT2D eigenvalue weighted by Gasteiger charge is 2.22. The summed E-state index contributed by atoms with van der Waals surface area (Å²) in [5.74, 6) is 0.429. The van der Waals surface area contributed by atoms with Crippen LogP contribution in [0.4, 0.5) is 0 Å². The smallest absolute Gasteiger partial charge is 0.124 e. The van der Waals surface area contributed by atoms with E-state index < -0.39 is 0 Å². The average molecular weight is 256 g/mol. The van der Waals surface area contributed by atoms with E-state index in [0.717, 1.165) is 28.6 Å². The van der Waals surface area contributed by atoms with E-state index >= 15 is 0 Å². The fourth-order valence-corrected chi connectivity index (χ4v) is 2.55. The number of phenolic OH excluding ortho intramolecular Hbond substituents is 1. The van der Waals surface area contributed by atoms with Crippen molar-refractivity contribution in [2.24, 2.45) is 0 Å². The SMILES string of the molecule is Cc1ccc(Br)c([C@H]2CCCN2)c1O. The van der Waals surface area contributed by atoms with Gasteiger partial charge in [-0.1, -0.05) is 22.0 Å². The second-order valence-corrected chi connectivity index (χ2v) is 4.63. The van der Waals surface area contributed by atoms with Gasteiger partial charge in [0.25, 0.3) is 0 Å². The lowest BCUT2D eigenvalue weighted by Crippen LogP contribution is -2.13. The molecular formula is C11H14BrNO. The molecule has 1 aromatic rings. The fourth-order valence-electron chi connectivity index (χ4n) is 1.95. The molecule has 0 aromatic heterocycles. The van der Waals surface area contributed by atoms with Crippen molar-refractivity contribution < 1.29 is 5.11 Å². The average Bonchev–Trinajstić information content (AvgIpc) is 2.65. The molecule has 1 heterocycles. The molecule has 2 rings (SSSR count). The molecule has 0 radical (unpaired) electrons. The summed E-state index contributed by atoms with van der Waals surface area (Å²) in [6, 6.07) is 4.24. The molecule has 1 saturated heterocycles. The Morgan fingerprint density at radius 3 is 2.93 bits per heavy atom. The number of nitrogens with one attached hydrogen (secondary N) is 1. The van der Waals surface area contributed by atoms with Gasteiger partial charge in [0.15, 0.2) is 0 Å². The van der Waals surface area contributed by atoms with Gasteiger partial charge < -0.3 is 10.4 Å². The Morgan fingerprint density at radius 2 is 2.29 bits per heavy atom. The molecule has 1 aliphatic rings. The molecule has 2 nitrogen and oxygen atoms in total. The van der Waals surface area contributed by atoms with Gasteiger partial charge >= 0.3 is 0 Å². The van der Waals surface area contributed by atoms with E-state index in [1.54, 1.807) is 0 Å². The summed E-state index contributed by atoms with van der Waals surface area (Å²) >= 11 is 3.49. The van der Waals surface area contributed by atoms with Gasteiger partial charge in [0.2, 0.25) is 0 Å². The van der Waals surface area contributed by atoms with Crippen molar-refractivity contribution in [1.82, 2.24) is 5.32 Å². The molecule has 2 N–H and O–H groups in total. The van der Waals surface area contributed by atoms with Crippen LogP contribution in [-0.2, 0) is 0 Å². The third-order valence-electron chi connectivity index (χ3n) is 2.77. The molecule has 0 bridgehead atoms. The van der Waals surface area contributed by atoms with Crippen LogP contribution in [0.2, 0.25) is 0 Å². The lowest BCUT2D eigenvalue weighted by molar-refractivity contribution is 0.452. The van der Waals surface area contributed by atoms with Crippen molar-refractivity contribution in [1.29, 1.82) is 0 Å². The largest absolute Gasteiger partial charge is 0.507 e. The second kappa shape index (κ2) is 3.91. The molecule has 1 aromatic carbocycles. The predicted molar refractivity (Wildman–Crippen MR) is 60.5 cm³/mol. The molecule has 76 valence electrons. The van der Waals surface area contributed by atoms with Crippen molar-refractivity contribution in [3.8, 4) is 5.75 Å². The third kappa shape index (κ3) is 1.66. The Bertz CT molecular complexity index is 345. The maximum atomic E-state index is 9.97. The van der Waals surface area contributed by atoms with Gasteiger partial charge in [0, 0.05) is 16.1 Å². The highest BCUT2D eigenvalue weighted by atomic mass is 79.9. The molecule has 1 atom stereocenters. The fraction of sp³-hybridized carbons (Fsp3) is 0.455. The summed E-state index contributed by atoms with van der Waals surface area (Å²) in [6.45, 7) is 2.98. The molecule has 14 heavy (non-hydrogen) atoms. The molecule has 1 aliphatic heterocycles. The van der Waals surface area contributed by atoms with Crippen LogP contribution in [0.3, 0.4) is 0 Å². The van der Waals surface area contributed by atoms with E-state index in [-0.39, 0.29) is 0 Å². The predicted octanol–water partition coefficient (Wildman–Crippen LogP) is 2.89. The van der Waals surface area contributed by atoms with Crippen LogP contribution in [-0.4, -0.2) is 11.7 Å². The van der Waals surface area contributed by atoms with Crippen molar-refractivity contribution in [3.63, 3.8) is 0 Å². The van der Waals surface area contributed by atoms with Gasteiger partial charge in [-0.25, -0.2) is 0 Å². The van der Waals surface area contributed by atoms with Crippen LogP contribution in [0.25, 0.3) is 0 Å². The van der Waals surface area contributed by atoms with Crippen LogP contribution < -0.4 is 5.32 Å². The molecule has 0 aliphatic carbocycles. The van der Waals surface area contributed by atoms with Gasteiger partial charge in [-0.15, -0.1) is 0 Å². The summed E-state index contributed by atoms with van der Waals surface area (Å²) in [5, 5.41) is 13.4. The first-order valence-electron chi connectivity index (χ1n) is 4.91. The van der Waals surface area contributed by atoms with Gasteiger partial charge in [-0.3, -0.25) is 0 Å². The zero-order chi connectivity index (χ0) is 10.1. The van der Waals surface area contributed by atoms with Crippen molar-refractivity contribution >= 4 is 15.9 Å². The Kier molecular flexibility index (Phi) is 2.79. The summed E-state index contributed by atoms with van der Waals surface area (Å²) in [6.07, 6.45) is 2.29. The number of rotatable bonds is 1. The minimum Gasteiger partial charge on any atom is -0.507 e. The molecule has 0 saturated carbocycles. The number of hydrogen-bond donors (Lipinski definition) is 2. The molecule has 0 spiro atoms. The molecule has 1 fully saturated rings. The Hall–Kier alpha value is -0.540. The first-order valence-corrected chi connectivity index (χ1v) is 5.71. The molecule has 0 amide bonds.